The molecule has 7 heteroatoms. The van der Waals surface area contributed by atoms with Gasteiger partial charge in [-0.05, 0) is 6.92 Å². The minimum Gasteiger partial charge on any atom is -0.488 e. The van der Waals surface area contributed by atoms with Crippen molar-refractivity contribution in [1.29, 1.82) is 0 Å². The van der Waals surface area contributed by atoms with Crippen molar-refractivity contribution in [1.82, 2.24) is 10.2 Å². The Morgan fingerprint density at radius 2 is 2.24 bits per heavy atom. The fourth-order valence-corrected chi connectivity index (χ4v) is 2.20. The van der Waals surface area contributed by atoms with E-state index in [-0.39, 0.29) is 24.5 Å². The van der Waals surface area contributed by atoms with Crippen LogP contribution in [0.4, 0.5) is 0 Å². The molecule has 1 aliphatic rings. The van der Waals surface area contributed by atoms with Crippen molar-refractivity contribution in [2.45, 2.75) is 26.4 Å². The second-order valence-electron chi connectivity index (χ2n) is 5.00. The average molecular weight is 294 g/mol. The molecule has 1 aromatic heterocycles. The Balaban J connectivity index is 1.89. The first-order valence-electron chi connectivity index (χ1n) is 6.74. The molecule has 7 nitrogen and oxygen atoms in total. The standard InChI is InChI=1S/C14H18N2O5/c1-9-5-12(6-14(19)20-9)21-11-3-4-16(8-11)13(18)7-15-10(2)17/h5-6,11H,3-4,7-8H2,1-2H3,(H,15,17). The number of nitrogens with one attached hydrogen (secondary N) is 1. The first-order valence-corrected chi connectivity index (χ1v) is 6.74. The summed E-state index contributed by atoms with van der Waals surface area (Å²) >= 11 is 0. The van der Waals surface area contributed by atoms with Gasteiger partial charge in [-0.25, -0.2) is 4.79 Å². The molecule has 2 amide bonds. The number of carbonyl (C=O) groups excluding carboxylic acids is 2. The molecular weight excluding hydrogens is 276 g/mol. The zero-order valence-electron chi connectivity index (χ0n) is 12.0. The van der Waals surface area contributed by atoms with Crippen LogP contribution in [0.25, 0.3) is 0 Å². The maximum Gasteiger partial charge on any atom is 0.339 e. The predicted octanol–water partition coefficient (Wildman–Crippen LogP) is 0.0640. The predicted molar refractivity (Wildman–Crippen MR) is 74.0 cm³/mol. The summed E-state index contributed by atoms with van der Waals surface area (Å²) in [6.07, 6.45) is 0.526. The molecule has 1 atom stereocenters. The lowest BCUT2D eigenvalue weighted by molar-refractivity contribution is -0.131. The van der Waals surface area contributed by atoms with Crippen LogP contribution in [-0.4, -0.2) is 42.5 Å². The highest BCUT2D eigenvalue weighted by atomic mass is 16.5. The summed E-state index contributed by atoms with van der Waals surface area (Å²) in [4.78, 5) is 35.5. The first kappa shape index (κ1) is 15.1. The molecule has 0 saturated carbocycles. The van der Waals surface area contributed by atoms with Gasteiger partial charge in [0.25, 0.3) is 0 Å². The number of aryl methyl sites for hydroxylation is 1. The van der Waals surface area contributed by atoms with Gasteiger partial charge >= 0.3 is 5.63 Å². The van der Waals surface area contributed by atoms with Crippen LogP contribution in [0.2, 0.25) is 0 Å². The Labute approximate surface area is 121 Å². The van der Waals surface area contributed by atoms with Gasteiger partial charge in [-0.3, -0.25) is 9.59 Å². The SMILES string of the molecule is CC(=O)NCC(=O)N1CCC(Oc2cc(C)oc(=O)c2)C1. The zero-order chi connectivity index (χ0) is 15.4. The third kappa shape index (κ3) is 4.34. The summed E-state index contributed by atoms with van der Waals surface area (Å²) in [5, 5.41) is 2.48. The summed E-state index contributed by atoms with van der Waals surface area (Å²) in [6, 6.07) is 2.93. The van der Waals surface area contributed by atoms with E-state index >= 15 is 0 Å². The van der Waals surface area contributed by atoms with Crippen LogP contribution in [0.3, 0.4) is 0 Å². The van der Waals surface area contributed by atoms with Crippen molar-refractivity contribution in [2.75, 3.05) is 19.6 Å². The van der Waals surface area contributed by atoms with Crippen molar-refractivity contribution in [2.24, 2.45) is 0 Å². The second-order valence-corrected chi connectivity index (χ2v) is 5.00. The van der Waals surface area contributed by atoms with Gasteiger partial charge in [-0.2, -0.15) is 0 Å². The highest BCUT2D eigenvalue weighted by Crippen LogP contribution is 2.18. The van der Waals surface area contributed by atoms with Crippen molar-refractivity contribution in [3.8, 4) is 5.75 Å². The smallest absolute Gasteiger partial charge is 0.339 e. The number of likely N-dealkylation sites (tertiary alicyclic amines) is 1. The number of amides is 2. The van der Waals surface area contributed by atoms with E-state index in [0.29, 0.717) is 31.0 Å². The van der Waals surface area contributed by atoms with Crippen LogP contribution in [-0.2, 0) is 9.59 Å². The van der Waals surface area contributed by atoms with E-state index in [0.717, 1.165) is 0 Å². The number of carbonyl (C=O) groups is 2. The number of nitrogens with zero attached hydrogens (tertiary/aromatic N) is 1. The number of hydrogen-bond donors (Lipinski definition) is 1. The van der Waals surface area contributed by atoms with Gasteiger partial charge in [0.05, 0.1) is 19.2 Å². The van der Waals surface area contributed by atoms with Gasteiger partial charge in [0.2, 0.25) is 11.8 Å². The molecule has 0 spiro atoms. The van der Waals surface area contributed by atoms with Gasteiger partial charge in [-0.15, -0.1) is 0 Å². The molecule has 0 radical (unpaired) electrons. The molecule has 0 aromatic carbocycles. The Kier molecular flexibility index (Phi) is 4.62. The molecule has 1 unspecified atom stereocenters. The molecule has 1 aromatic rings. The Morgan fingerprint density at radius 3 is 2.90 bits per heavy atom. The summed E-state index contributed by atoms with van der Waals surface area (Å²) < 4.78 is 10.6. The third-order valence-electron chi connectivity index (χ3n) is 3.16. The molecule has 1 saturated heterocycles. The van der Waals surface area contributed by atoms with Gasteiger partial charge in [-0.1, -0.05) is 0 Å². The summed E-state index contributed by atoms with van der Waals surface area (Å²) in [6.45, 7) is 4.05. The van der Waals surface area contributed by atoms with Gasteiger partial charge in [0.15, 0.2) is 0 Å². The van der Waals surface area contributed by atoms with E-state index in [1.54, 1.807) is 17.9 Å². The maximum atomic E-state index is 11.8. The molecule has 2 heterocycles. The Morgan fingerprint density at radius 1 is 1.48 bits per heavy atom. The van der Waals surface area contributed by atoms with Gasteiger partial charge < -0.3 is 19.4 Å². The van der Waals surface area contributed by atoms with Crippen molar-refractivity contribution in [3.05, 3.63) is 28.3 Å². The van der Waals surface area contributed by atoms with Crippen LogP contribution in [0, 0.1) is 6.92 Å². The third-order valence-corrected chi connectivity index (χ3v) is 3.16. The monoisotopic (exact) mass is 294 g/mol. The average Bonchev–Trinajstić information content (AvgIpc) is 2.83. The fraction of sp³-hybridized carbons (Fsp3) is 0.500. The number of rotatable bonds is 4. The lowest BCUT2D eigenvalue weighted by atomic mass is 10.3. The van der Waals surface area contributed by atoms with Crippen molar-refractivity contribution < 1.29 is 18.7 Å². The van der Waals surface area contributed by atoms with E-state index in [4.69, 9.17) is 9.15 Å². The van der Waals surface area contributed by atoms with Crippen LogP contribution >= 0.6 is 0 Å². The minimum absolute atomic E-state index is 0.00388. The second kappa shape index (κ2) is 6.43. The minimum atomic E-state index is -0.457. The van der Waals surface area contributed by atoms with Gasteiger partial charge in [0.1, 0.15) is 17.6 Å². The fourth-order valence-electron chi connectivity index (χ4n) is 2.20. The van der Waals surface area contributed by atoms with Crippen LogP contribution in [0.1, 0.15) is 19.1 Å². The van der Waals surface area contributed by atoms with Gasteiger partial charge in [0, 0.05) is 26.0 Å². The molecule has 1 N–H and O–H groups in total. The molecule has 2 rings (SSSR count). The normalized spacial score (nSPS) is 17.6. The maximum absolute atomic E-state index is 11.8. The van der Waals surface area contributed by atoms with Crippen LogP contribution < -0.4 is 15.7 Å². The lowest BCUT2D eigenvalue weighted by Gasteiger charge is -2.17. The summed E-state index contributed by atoms with van der Waals surface area (Å²) in [5.74, 6) is 0.556. The molecular formula is C14H18N2O5. The van der Waals surface area contributed by atoms with Crippen molar-refractivity contribution in [3.63, 3.8) is 0 Å². The van der Waals surface area contributed by atoms with E-state index in [9.17, 15) is 14.4 Å². The molecule has 1 aliphatic heterocycles. The highest BCUT2D eigenvalue weighted by molar-refractivity contribution is 5.83. The topological polar surface area (TPSA) is 88.8 Å². The first-order chi connectivity index (χ1) is 9.94. The molecule has 114 valence electrons. The van der Waals surface area contributed by atoms with Crippen LogP contribution in [0.15, 0.2) is 21.3 Å². The molecule has 0 bridgehead atoms. The Hall–Kier alpha value is -2.31. The molecule has 1 fully saturated rings. The summed E-state index contributed by atoms with van der Waals surface area (Å²) in [7, 11) is 0. The zero-order valence-corrected chi connectivity index (χ0v) is 12.0. The molecule has 0 aliphatic carbocycles. The lowest BCUT2D eigenvalue weighted by Crippen LogP contribution is -2.39. The van der Waals surface area contributed by atoms with Crippen LogP contribution in [0.5, 0.6) is 5.75 Å². The number of ether oxygens (including phenoxy) is 1. The highest BCUT2D eigenvalue weighted by Gasteiger charge is 2.27. The number of hydrogen-bond acceptors (Lipinski definition) is 5. The van der Waals surface area contributed by atoms with E-state index in [2.05, 4.69) is 5.32 Å². The van der Waals surface area contributed by atoms with E-state index in [1.807, 2.05) is 0 Å². The summed E-state index contributed by atoms with van der Waals surface area (Å²) in [5.41, 5.74) is -0.457. The Bertz CT molecular complexity index is 595. The molecule has 21 heavy (non-hydrogen) atoms. The van der Waals surface area contributed by atoms with Crippen molar-refractivity contribution >= 4 is 11.8 Å². The van der Waals surface area contributed by atoms with E-state index < -0.39 is 5.63 Å². The quantitative estimate of drug-likeness (QED) is 0.848. The largest absolute Gasteiger partial charge is 0.488 e. The van der Waals surface area contributed by atoms with E-state index in [1.165, 1.54) is 13.0 Å².